The van der Waals surface area contributed by atoms with E-state index in [1.165, 1.54) is 24.3 Å². The molecule has 1 rings (SSSR count). The fraction of sp³-hybridized carbons (Fsp3) is 0.417. The normalized spacial score (nSPS) is 11.9. The molecule has 88 valence electrons. The second-order valence-electron chi connectivity index (χ2n) is 3.62. The molecule has 0 aliphatic carbocycles. The second-order valence-corrected chi connectivity index (χ2v) is 3.62. The Kier molecular flexibility index (Phi) is 4.76. The van der Waals surface area contributed by atoms with E-state index >= 15 is 0 Å². The quantitative estimate of drug-likeness (QED) is 0.833. The molecule has 0 bridgehead atoms. The Morgan fingerprint density at radius 1 is 1.44 bits per heavy atom. The molecular weight excluding hydrogens is 209 g/mol. The highest BCUT2D eigenvalue weighted by Gasteiger charge is 2.05. The van der Waals surface area contributed by atoms with Gasteiger partial charge in [0.05, 0.1) is 0 Å². The molecule has 1 aromatic rings. The van der Waals surface area contributed by atoms with E-state index in [4.69, 9.17) is 4.74 Å². The fourth-order valence-electron chi connectivity index (χ4n) is 1.10. The lowest BCUT2D eigenvalue weighted by molar-refractivity contribution is -0.123. The van der Waals surface area contributed by atoms with Gasteiger partial charge in [0.25, 0.3) is 5.91 Å². The lowest BCUT2D eigenvalue weighted by Crippen LogP contribution is -2.35. The van der Waals surface area contributed by atoms with E-state index in [9.17, 15) is 9.18 Å². The predicted octanol–water partition coefficient (Wildman–Crippen LogP) is 2.12. The zero-order chi connectivity index (χ0) is 12.0. The maximum absolute atomic E-state index is 12.6. The maximum atomic E-state index is 12.6. The van der Waals surface area contributed by atoms with Crippen molar-refractivity contribution in [3.63, 3.8) is 0 Å². The van der Waals surface area contributed by atoms with Gasteiger partial charge >= 0.3 is 0 Å². The molecule has 0 spiro atoms. The van der Waals surface area contributed by atoms with Gasteiger partial charge in [-0.3, -0.25) is 4.79 Å². The highest BCUT2D eigenvalue weighted by molar-refractivity contribution is 5.77. The van der Waals surface area contributed by atoms with Crippen molar-refractivity contribution in [1.29, 1.82) is 0 Å². The number of halogens is 1. The summed E-state index contributed by atoms with van der Waals surface area (Å²) in [6.07, 6.45) is 0.877. The standard InChI is InChI=1S/C12H16FNO2/c1-3-9(2)14-12(15)8-16-11-6-4-10(13)5-7-11/h4-7,9H,3,8H2,1-2H3,(H,14,15). The summed E-state index contributed by atoms with van der Waals surface area (Å²) >= 11 is 0. The molecule has 1 unspecified atom stereocenters. The van der Waals surface area contributed by atoms with Gasteiger partial charge in [-0.25, -0.2) is 4.39 Å². The Labute approximate surface area is 94.6 Å². The van der Waals surface area contributed by atoms with Gasteiger partial charge in [-0.2, -0.15) is 0 Å². The number of amides is 1. The second kappa shape index (κ2) is 6.10. The van der Waals surface area contributed by atoms with Gasteiger partial charge < -0.3 is 10.1 Å². The number of nitrogens with one attached hydrogen (secondary N) is 1. The van der Waals surface area contributed by atoms with Crippen LogP contribution in [0.15, 0.2) is 24.3 Å². The molecule has 4 heteroatoms. The van der Waals surface area contributed by atoms with Crippen molar-refractivity contribution in [3.05, 3.63) is 30.1 Å². The van der Waals surface area contributed by atoms with Crippen LogP contribution in [0.3, 0.4) is 0 Å². The van der Waals surface area contributed by atoms with E-state index in [-0.39, 0.29) is 24.4 Å². The van der Waals surface area contributed by atoms with Crippen molar-refractivity contribution in [2.75, 3.05) is 6.61 Å². The van der Waals surface area contributed by atoms with Gasteiger partial charge in [0.15, 0.2) is 6.61 Å². The molecule has 1 atom stereocenters. The Morgan fingerprint density at radius 3 is 2.62 bits per heavy atom. The molecule has 3 nitrogen and oxygen atoms in total. The van der Waals surface area contributed by atoms with Crippen LogP contribution in [-0.2, 0) is 4.79 Å². The molecule has 1 amide bonds. The first kappa shape index (κ1) is 12.5. The van der Waals surface area contributed by atoms with Crippen LogP contribution in [0.2, 0.25) is 0 Å². The minimum absolute atomic E-state index is 0.0457. The Morgan fingerprint density at radius 2 is 2.06 bits per heavy atom. The van der Waals surface area contributed by atoms with Crippen molar-refractivity contribution in [3.8, 4) is 5.75 Å². The highest BCUT2D eigenvalue weighted by Crippen LogP contribution is 2.10. The number of rotatable bonds is 5. The number of ether oxygens (including phenoxy) is 1. The molecule has 16 heavy (non-hydrogen) atoms. The van der Waals surface area contributed by atoms with Gasteiger partial charge in [-0.15, -0.1) is 0 Å². The van der Waals surface area contributed by atoms with E-state index in [0.717, 1.165) is 6.42 Å². The summed E-state index contributed by atoms with van der Waals surface area (Å²) in [7, 11) is 0. The smallest absolute Gasteiger partial charge is 0.258 e. The summed E-state index contributed by atoms with van der Waals surface area (Å²) in [6.45, 7) is 3.87. The van der Waals surface area contributed by atoms with Crippen LogP contribution in [0.4, 0.5) is 4.39 Å². The van der Waals surface area contributed by atoms with Crippen molar-refractivity contribution < 1.29 is 13.9 Å². The number of benzene rings is 1. The molecule has 0 fully saturated rings. The van der Waals surface area contributed by atoms with Gasteiger partial charge in [0, 0.05) is 6.04 Å². The van der Waals surface area contributed by atoms with Crippen LogP contribution >= 0.6 is 0 Å². The average molecular weight is 225 g/mol. The van der Waals surface area contributed by atoms with Gasteiger partial charge in [-0.05, 0) is 37.6 Å². The van der Waals surface area contributed by atoms with Crippen LogP contribution < -0.4 is 10.1 Å². The summed E-state index contributed by atoms with van der Waals surface area (Å²) < 4.78 is 17.8. The van der Waals surface area contributed by atoms with Gasteiger partial charge in [-0.1, -0.05) is 6.92 Å². The molecule has 1 aromatic carbocycles. The summed E-state index contributed by atoms with van der Waals surface area (Å²) in [6, 6.07) is 5.71. The number of hydrogen-bond acceptors (Lipinski definition) is 2. The van der Waals surface area contributed by atoms with E-state index in [1.54, 1.807) is 0 Å². The third-order valence-corrected chi connectivity index (χ3v) is 2.20. The summed E-state index contributed by atoms with van der Waals surface area (Å²) in [5.74, 6) is -0.00390. The lowest BCUT2D eigenvalue weighted by Gasteiger charge is -2.11. The monoisotopic (exact) mass is 225 g/mol. The van der Waals surface area contributed by atoms with Crippen LogP contribution in [-0.4, -0.2) is 18.6 Å². The highest BCUT2D eigenvalue weighted by atomic mass is 19.1. The van der Waals surface area contributed by atoms with E-state index in [1.807, 2.05) is 13.8 Å². The van der Waals surface area contributed by atoms with Crippen LogP contribution in [0.5, 0.6) is 5.75 Å². The average Bonchev–Trinajstić information content (AvgIpc) is 2.28. The van der Waals surface area contributed by atoms with E-state index in [2.05, 4.69) is 5.32 Å². The lowest BCUT2D eigenvalue weighted by atomic mass is 10.2. The van der Waals surface area contributed by atoms with Crippen molar-refractivity contribution in [2.45, 2.75) is 26.3 Å². The van der Waals surface area contributed by atoms with Crippen LogP contribution in [0, 0.1) is 5.82 Å². The Hall–Kier alpha value is -1.58. The minimum atomic E-state index is -0.323. The SMILES string of the molecule is CCC(C)NC(=O)COc1ccc(F)cc1. The van der Waals surface area contributed by atoms with Crippen molar-refractivity contribution in [1.82, 2.24) is 5.32 Å². The third-order valence-electron chi connectivity index (χ3n) is 2.20. The maximum Gasteiger partial charge on any atom is 0.258 e. The predicted molar refractivity (Wildman–Crippen MR) is 59.8 cm³/mol. The van der Waals surface area contributed by atoms with Gasteiger partial charge in [0.2, 0.25) is 0 Å². The minimum Gasteiger partial charge on any atom is -0.484 e. The molecule has 0 heterocycles. The zero-order valence-electron chi connectivity index (χ0n) is 9.50. The van der Waals surface area contributed by atoms with E-state index in [0.29, 0.717) is 5.75 Å². The first-order valence-electron chi connectivity index (χ1n) is 5.29. The topological polar surface area (TPSA) is 38.3 Å². The molecular formula is C12H16FNO2. The fourth-order valence-corrected chi connectivity index (χ4v) is 1.10. The summed E-state index contributed by atoms with van der Waals surface area (Å²) in [5, 5.41) is 2.77. The number of hydrogen-bond donors (Lipinski definition) is 1. The summed E-state index contributed by atoms with van der Waals surface area (Å²) in [4.78, 5) is 11.3. The largest absolute Gasteiger partial charge is 0.484 e. The Balaban J connectivity index is 2.34. The molecule has 0 aromatic heterocycles. The first-order chi connectivity index (χ1) is 7.61. The molecule has 0 aliphatic heterocycles. The molecule has 0 saturated heterocycles. The molecule has 0 aliphatic rings. The van der Waals surface area contributed by atoms with Crippen LogP contribution in [0.1, 0.15) is 20.3 Å². The Bertz CT molecular complexity index is 337. The van der Waals surface area contributed by atoms with Gasteiger partial charge in [0.1, 0.15) is 11.6 Å². The summed E-state index contributed by atoms with van der Waals surface area (Å²) in [5.41, 5.74) is 0. The van der Waals surface area contributed by atoms with Crippen LogP contribution in [0.25, 0.3) is 0 Å². The van der Waals surface area contributed by atoms with E-state index < -0.39 is 0 Å². The van der Waals surface area contributed by atoms with Crippen molar-refractivity contribution in [2.24, 2.45) is 0 Å². The number of carbonyl (C=O) groups is 1. The third kappa shape index (κ3) is 4.29. The zero-order valence-corrected chi connectivity index (χ0v) is 9.50. The molecule has 0 radical (unpaired) electrons. The number of carbonyl (C=O) groups excluding carboxylic acids is 1. The first-order valence-corrected chi connectivity index (χ1v) is 5.29. The molecule has 0 saturated carbocycles. The molecule has 1 N–H and O–H groups in total. The van der Waals surface area contributed by atoms with Crippen molar-refractivity contribution >= 4 is 5.91 Å².